The summed E-state index contributed by atoms with van der Waals surface area (Å²) < 4.78 is 5.30. The summed E-state index contributed by atoms with van der Waals surface area (Å²) in [6.45, 7) is 34.7. The van der Waals surface area contributed by atoms with E-state index >= 15 is 0 Å². The van der Waals surface area contributed by atoms with Crippen molar-refractivity contribution in [3.05, 3.63) is 77.6 Å². The Labute approximate surface area is 286 Å². The highest BCUT2D eigenvalue weighted by Crippen LogP contribution is 2.14. The Bertz CT molecular complexity index is 910. The van der Waals surface area contributed by atoms with Crippen LogP contribution in [-0.4, -0.2) is 39.4 Å². The van der Waals surface area contributed by atoms with Crippen LogP contribution in [0.4, 0.5) is 0 Å². The highest BCUT2D eigenvalue weighted by Gasteiger charge is 1.97. The summed E-state index contributed by atoms with van der Waals surface area (Å²) >= 11 is 0. The van der Waals surface area contributed by atoms with Crippen molar-refractivity contribution < 1.29 is 14.3 Å². The number of allylic oxidation sites excluding steroid dienone is 1. The molecule has 266 valence electrons. The summed E-state index contributed by atoms with van der Waals surface area (Å²) in [6, 6.07) is 18.1. The van der Waals surface area contributed by atoms with Gasteiger partial charge in [-0.2, -0.15) is 5.26 Å². The minimum absolute atomic E-state index is 0.417. The van der Waals surface area contributed by atoms with Crippen molar-refractivity contribution in [2.45, 2.75) is 135 Å². The molecule has 0 bridgehead atoms. The van der Waals surface area contributed by atoms with E-state index in [4.69, 9.17) is 19.6 Å². The molecule has 1 N–H and O–H groups in total. The standard InChI is InChI=1S/C10H12O.C9H9N.C6H14N2.2C4H10.C3H8.C2H6.2CH2O/c1-8(2)11-10-6-4-5-9(3)7-10;1-2-8-3-5-9(7-10)6-4-8;1-5(7-3)6(2)8-4;2*1-3-4-2;1-3-2;3*1-2/h4-7H,1H2,2-3H3;3-6H,2H2,1H3;5,7H,1-4H3;2*3-4H2,1-2H3;3H2,1-2H3;1-2H3;2*1H2/t;;5-;;;;;;/m..1....../s1. The lowest BCUT2D eigenvalue weighted by Gasteiger charge is -2.06. The summed E-state index contributed by atoms with van der Waals surface area (Å²) in [7, 11) is 3.74. The van der Waals surface area contributed by atoms with Crippen LogP contribution in [0, 0.1) is 18.3 Å². The first-order valence-corrected chi connectivity index (χ1v) is 16.6. The van der Waals surface area contributed by atoms with E-state index in [9.17, 15) is 0 Å². The number of carbonyl (C=O) groups excluding carboxylic acids is 2. The molecule has 2 aromatic rings. The predicted octanol–water partition coefficient (Wildman–Crippen LogP) is 11.4. The fourth-order valence-corrected chi connectivity index (χ4v) is 2.10. The van der Waals surface area contributed by atoms with Crippen LogP contribution in [0.2, 0.25) is 0 Å². The molecule has 0 aromatic heterocycles. The maximum Gasteiger partial charge on any atom is 0.127 e. The molecule has 0 aliphatic rings. The number of aryl methyl sites for hydroxylation is 2. The third-order valence-corrected chi connectivity index (χ3v) is 5.19. The van der Waals surface area contributed by atoms with E-state index < -0.39 is 0 Å². The average molecular weight is 644 g/mol. The first kappa shape index (κ1) is 58.0. The number of carbonyl (C=O) groups is 2. The van der Waals surface area contributed by atoms with Gasteiger partial charge in [-0.25, -0.2) is 0 Å². The number of nitrogens with zero attached hydrogens (tertiary/aromatic N) is 2. The molecule has 2 aromatic carbocycles. The second kappa shape index (κ2) is 54.0. The van der Waals surface area contributed by atoms with E-state index in [2.05, 4.69) is 78.3 Å². The van der Waals surface area contributed by atoms with Crippen LogP contribution in [0.5, 0.6) is 5.75 Å². The molecule has 0 saturated carbocycles. The van der Waals surface area contributed by atoms with Crippen LogP contribution < -0.4 is 10.1 Å². The van der Waals surface area contributed by atoms with E-state index in [1.165, 1.54) is 43.2 Å². The van der Waals surface area contributed by atoms with E-state index in [0.29, 0.717) is 6.04 Å². The Kier molecular flexibility index (Phi) is 68.1. The molecule has 2 rings (SSSR count). The lowest BCUT2D eigenvalue weighted by molar-refractivity contribution is -0.0987. The van der Waals surface area contributed by atoms with Crippen molar-refractivity contribution in [2.75, 3.05) is 14.1 Å². The van der Waals surface area contributed by atoms with Gasteiger partial charge in [0.2, 0.25) is 0 Å². The Morgan fingerprint density at radius 3 is 1.52 bits per heavy atom. The maximum absolute atomic E-state index is 8.45. The molecule has 0 unspecified atom stereocenters. The number of ether oxygens (including phenoxy) is 1. The zero-order valence-electron chi connectivity index (χ0n) is 32.7. The Balaban J connectivity index is -0.0000000806. The minimum Gasteiger partial charge on any atom is -0.463 e. The number of nitriles is 1. The average Bonchev–Trinajstić information content (AvgIpc) is 3.11. The molecular weight excluding hydrogens is 570 g/mol. The molecular formula is C40H73N3O3. The van der Waals surface area contributed by atoms with Crippen molar-refractivity contribution in [3.8, 4) is 11.8 Å². The lowest BCUT2D eigenvalue weighted by atomic mass is 10.1. The number of hydrogen-bond donors (Lipinski definition) is 1. The smallest absolute Gasteiger partial charge is 0.127 e. The van der Waals surface area contributed by atoms with Gasteiger partial charge in [0.1, 0.15) is 19.3 Å². The molecule has 0 aliphatic carbocycles. The van der Waals surface area contributed by atoms with Crippen molar-refractivity contribution in [3.63, 3.8) is 0 Å². The van der Waals surface area contributed by atoms with Gasteiger partial charge < -0.3 is 19.6 Å². The van der Waals surface area contributed by atoms with Gasteiger partial charge in [0, 0.05) is 18.8 Å². The Morgan fingerprint density at radius 2 is 1.28 bits per heavy atom. The Hall–Kier alpha value is -3.56. The fraction of sp³-hybridized carbons (Fsp3) is 0.550. The SMILES string of the molecule is C=C(C)Oc1cccc(C)c1.C=O.C=O.CC.CCC.CCCC.CCCC.CCc1ccc(C#N)cc1.CN=C(C)[C@@H](C)NC. The monoisotopic (exact) mass is 644 g/mol. The van der Waals surface area contributed by atoms with Gasteiger partial charge in [-0.05, 0) is 76.6 Å². The van der Waals surface area contributed by atoms with Gasteiger partial charge in [0.05, 0.1) is 17.4 Å². The summed E-state index contributed by atoms with van der Waals surface area (Å²) in [6.07, 6.45) is 7.56. The van der Waals surface area contributed by atoms with Crippen molar-refractivity contribution in [2.24, 2.45) is 4.99 Å². The molecule has 0 heterocycles. The van der Waals surface area contributed by atoms with Gasteiger partial charge in [-0.15, -0.1) is 0 Å². The summed E-state index contributed by atoms with van der Waals surface area (Å²) in [5.74, 6) is 1.58. The van der Waals surface area contributed by atoms with E-state index in [1.54, 1.807) is 0 Å². The van der Waals surface area contributed by atoms with E-state index in [0.717, 1.165) is 29.2 Å². The molecule has 0 aliphatic heterocycles. The second-order valence-corrected chi connectivity index (χ2v) is 9.37. The third-order valence-electron chi connectivity index (χ3n) is 5.19. The molecule has 46 heavy (non-hydrogen) atoms. The van der Waals surface area contributed by atoms with Crippen molar-refractivity contribution in [1.82, 2.24) is 5.32 Å². The number of unbranched alkanes of at least 4 members (excludes halogenated alkanes) is 2. The van der Waals surface area contributed by atoms with Crippen molar-refractivity contribution in [1.29, 1.82) is 5.26 Å². The third kappa shape index (κ3) is 53.0. The summed E-state index contributed by atoms with van der Waals surface area (Å²) in [5, 5.41) is 11.5. The van der Waals surface area contributed by atoms with Crippen LogP contribution in [0.25, 0.3) is 0 Å². The van der Waals surface area contributed by atoms with Gasteiger partial charge in [-0.1, -0.05) is 125 Å². The molecule has 0 radical (unpaired) electrons. The van der Waals surface area contributed by atoms with E-state index in [-0.39, 0.29) is 0 Å². The molecule has 6 heteroatoms. The summed E-state index contributed by atoms with van der Waals surface area (Å²) in [4.78, 5) is 20.0. The largest absolute Gasteiger partial charge is 0.463 e. The van der Waals surface area contributed by atoms with Gasteiger partial charge in [-0.3, -0.25) is 4.99 Å². The number of benzene rings is 2. The quantitative estimate of drug-likeness (QED) is 0.239. The molecule has 0 spiro atoms. The van der Waals surface area contributed by atoms with E-state index in [1.807, 2.05) is 111 Å². The first-order valence-electron chi connectivity index (χ1n) is 16.6. The number of nitrogens with one attached hydrogen (secondary N) is 1. The minimum atomic E-state index is 0.417. The number of aliphatic imine (C=N–C) groups is 1. The fourth-order valence-electron chi connectivity index (χ4n) is 2.10. The van der Waals surface area contributed by atoms with Gasteiger partial charge in [0.15, 0.2) is 0 Å². The predicted molar refractivity (Wildman–Crippen MR) is 207 cm³/mol. The first-order chi connectivity index (χ1) is 22.0. The van der Waals surface area contributed by atoms with Crippen molar-refractivity contribution >= 4 is 19.3 Å². The number of hydrogen-bond acceptors (Lipinski definition) is 6. The molecule has 1 atom stereocenters. The van der Waals surface area contributed by atoms with Crippen LogP contribution >= 0.6 is 0 Å². The van der Waals surface area contributed by atoms with Crippen LogP contribution in [-0.2, 0) is 16.0 Å². The molecule has 0 amide bonds. The molecule has 0 fully saturated rings. The second-order valence-electron chi connectivity index (χ2n) is 9.37. The van der Waals surface area contributed by atoms with Gasteiger partial charge in [0.25, 0.3) is 0 Å². The highest BCUT2D eigenvalue weighted by molar-refractivity contribution is 5.86. The van der Waals surface area contributed by atoms with Crippen LogP contribution in [0.3, 0.4) is 0 Å². The number of rotatable bonds is 7. The normalized spacial score (nSPS) is 8.96. The zero-order chi connectivity index (χ0) is 37.8. The maximum atomic E-state index is 8.45. The molecule has 0 saturated heterocycles. The lowest BCUT2D eigenvalue weighted by Crippen LogP contribution is -2.28. The Morgan fingerprint density at radius 1 is 0.870 bits per heavy atom. The zero-order valence-corrected chi connectivity index (χ0v) is 32.7. The highest BCUT2D eigenvalue weighted by atomic mass is 16.5. The van der Waals surface area contributed by atoms with Crippen LogP contribution in [0.1, 0.15) is 132 Å². The summed E-state index contributed by atoms with van der Waals surface area (Å²) in [5.41, 5.74) is 4.35. The topological polar surface area (TPSA) is 91.5 Å². The molecule has 6 nitrogen and oxygen atoms in total. The van der Waals surface area contributed by atoms with Crippen LogP contribution in [0.15, 0.2) is 65.9 Å². The van der Waals surface area contributed by atoms with Gasteiger partial charge >= 0.3 is 0 Å².